The van der Waals surface area contributed by atoms with Crippen molar-refractivity contribution in [3.63, 3.8) is 0 Å². The minimum Gasteiger partial charge on any atom is -0.494 e. The van der Waals surface area contributed by atoms with Gasteiger partial charge in [0.15, 0.2) is 22.9 Å². The summed E-state index contributed by atoms with van der Waals surface area (Å²) in [7, 11) is -0.795. The number of para-hydroxylation sites is 1. The van der Waals surface area contributed by atoms with E-state index in [0.29, 0.717) is 46.8 Å². The van der Waals surface area contributed by atoms with Gasteiger partial charge in [-0.3, -0.25) is 9.29 Å². The van der Waals surface area contributed by atoms with Crippen molar-refractivity contribution < 1.29 is 22.6 Å². The van der Waals surface area contributed by atoms with Crippen molar-refractivity contribution in [3.8, 4) is 34.6 Å². The number of imidazole rings is 1. The lowest BCUT2D eigenvalue weighted by molar-refractivity contribution is 0.327. The Morgan fingerprint density at radius 1 is 0.923 bits per heavy atom. The molecule has 39 heavy (non-hydrogen) atoms. The van der Waals surface area contributed by atoms with Gasteiger partial charge in [0, 0.05) is 24.0 Å². The first kappa shape index (κ1) is 25.8. The largest absolute Gasteiger partial charge is 0.494 e. The molecule has 0 amide bonds. The Morgan fingerprint density at radius 3 is 2.33 bits per heavy atom. The first-order valence-electron chi connectivity index (χ1n) is 11.7. The van der Waals surface area contributed by atoms with Crippen molar-refractivity contribution in [1.29, 1.82) is 0 Å². The second-order valence-electron chi connectivity index (χ2n) is 8.09. The molecular formula is C25H24N8O5S. The van der Waals surface area contributed by atoms with E-state index in [2.05, 4.69) is 34.6 Å². The van der Waals surface area contributed by atoms with Crippen LogP contribution in [0, 0.1) is 0 Å². The average Bonchev–Trinajstić information content (AvgIpc) is 3.31. The predicted octanol–water partition coefficient (Wildman–Crippen LogP) is 3.03. The van der Waals surface area contributed by atoms with E-state index >= 15 is 0 Å². The zero-order valence-electron chi connectivity index (χ0n) is 21.3. The molecule has 0 atom stereocenters. The summed E-state index contributed by atoms with van der Waals surface area (Å²) >= 11 is 0. The zero-order valence-corrected chi connectivity index (χ0v) is 22.1. The molecule has 1 aromatic carbocycles. The van der Waals surface area contributed by atoms with E-state index < -0.39 is 10.0 Å². The smallest absolute Gasteiger partial charge is 0.238 e. The van der Waals surface area contributed by atoms with Crippen LogP contribution in [0.2, 0.25) is 0 Å². The molecule has 0 aliphatic heterocycles. The first-order valence-corrected chi connectivity index (χ1v) is 13.4. The van der Waals surface area contributed by atoms with Crippen LogP contribution in [0.5, 0.6) is 17.4 Å². The van der Waals surface area contributed by atoms with Crippen molar-refractivity contribution in [2.75, 3.05) is 25.5 Å². The lowest BCUT2D eigenvalue weighted by Crippen LogP contribution is -2.16. The number of sulfonamides is 1. The number of ether oxygens (including phenoxy) is 3. The molecule has 0 aliphatic rings. The Kier molecular flexibility index (Phi) is 7.19. The third-order valence-electron chi connectivity index (χ3n) is 5.47. The number of benzene rings is 1. The fraction of sp³-hybridized carbons (Fsp3) is 0.200. The Hall–Kier alpha value is -4.85. The van der Waals surface area contributed by atoms with Gasteiger partial charge in [-0.15, -0.1) is 0 Å². The van der Waals surface area contributed by atoms with Gasteiger partial charge in [0.25, 0.3) is 0 Å². The van der Waals surface area contributed by atoms with E-state index in [-0.39, 0.29) is 22.9 Å². The van der Waals surface area contributed by atoms with E-state index in [1.165, 1.54) is 39.1 Å². The first-order chi connectivity index (χ1) is 18.9. The molecule has 13 nitrogen and oxygen atoms in total. The lowest BCUT2D eigenvalue weighted by atomic mass is 10.2. The Morgan fingerprint density at radius 2 is 1.64 bits per heavy atom. The second kappa shape index (κ2) is 10.9. The predicted molar refractivity (Wildman–Crippen MR) is 142 cm³/mol. The second-order valence-corrected chi connectivity index (χ2v) is 9.81. The van der Waals surface area contributed by atoms with Gasteiger partial charge in [0.1, 0.15) is 29.2 Å². The number of fused-ring (bicyclic) bond motifs is 1. The molecule has 0 radical (unpaired) electrons. The maximum atomic E-state index is 12.9. The summed E-state index contributed by atoms with van der Waals surface area (Å²) in [6, 6.07) is 10.6. The highest BCUT2D eigenvalue weighted by atomic mass is 32.2. The summed E-state index contributed by atoms with van der Waals surface area (Å²) in [4.78, 5) is 26.0. The number of anilines is 1. The monoisotopic (exact) mass is 548 g/mol. The third kappa shape index (κ3) is 5.40. The van der Waals surface area contributed by atoms with Gasteiger partial charge in [-0.2, -0.15) is 0 Å². The summed E-state index contributed by atoms with van der Waals surface area (Å²) in [6.07, 6.45) is 5.48. The summed E-state index contributed by atoms with van der Waals surface area (Å²) in [6.45, 7) is 2.31. The van der Waals surface area contributed by atoms with E-state index in [1.807, 2.05) is 6.92 Å². The molecule has 0 bridgehead atoms. The van der Waals surface area contributed by atoms with Crippen LogP contribution >= 0.6 is 0 Å². The molecule has 4 aromatic heterocycles. The minimum absolute atomic E-state index is 0.00283. The molecular weight excluding hydrogens is 524 g/mol. The van der Waals surface area contributed by atoms with Crippen LogP contribution in [0.4, 0.5) is 5.82 Å². The van der Waals surface area contributed by atoms with Gasteiger partial charge >= 0.3 is 0 Å². The molecule has 0 saturated carbocycles. The van der Waals surface area contributed by atoms with Crippen LogP contribution in [-0.2, 0) is 15.8 Å². The number of rotatable bonds is 10. The highest BCUT2D eigenvalue weighted by Gasteiger charge is 2.24. The summed E-state index contributed by atoms with van der Waals surface area (Å²) in [5.41, 5.74) is 1.88. The highest BCUT2D eigenvalue weighted by Crippen LogP contribution is 2.38. The van der Waals surface area contributed by atoms with Crippen molar-refractivity contribution >= 4 is 27.1 Å². The van der Waals surface area contributed by atoms with E-state index in [0.717, 1.165) is 0 Å². The van der Waals surface area contributed by atoms with Crippen LogP contribution in [0.1, 0.15) is 12.5 Å². The highest BCUT2D eigenvalue weighted by molar-refractivity contribution is 7.91. The van der Waals surface area contributed by atoms with Crippen LogP contribution in [0.25, 0.3) is 28.5 Å². The minimum atomic E-state index is -3.86. The number of nitrogens with zero attached hydrogens (tertiary/aromatic N) is 7. The topological polar surface area (TPSA) is 156 Å². The van der Waals surface area contributed by atoms with Gasteiger partial charge in [-0.1, -0.05) is 12.1 Å². The maximum absolute atomic E-state index is 12.9. The molecule has 14 heteroatoms. The molecule has 4 heterocycles. The standard InChI is InChI=1S/C25H24N8O5S/c1-4-38-21-10-5-7-17(29-21)24-31-23-25(33(24)22-18(36-2)8-6-9-19(22)37-3)30-20(13-28-23)32-39(34,35)14-16-11-26-15-27-12-16/h5-13,15H,4,14H2,1-3H3,(H,30,32). The summed E-state index contributed by atoms with van der Waals surface area (Å²) in [5, 5.41) is 0. The average molecular weight is 549 g/mol. The van der Waals surface area contributed by atoms with E-state index in [9.17, 15) is 8.42 Å². The van der Waals surface area contributed by atoms with Gasteiger partial charge < -0.3 is 14.2 Å². The molecule has 5 rings (SSSR count). The molecule has 0 unspecified atom stereocenters. The van der Waals surface area contributed by atoms with Gasteiger partial charge in [0.05, 0.1) is 32.8 Å². The van der Waals surface area contributed by atoms with Crippen LogP contribution in [0.3, 0.4) is 0 Å². The number of methoxy groups -OCH3 is 2. The Labute approximate surface area is 223 Å². The number of nitrogens with one attached hydrogen (secondary N) is 1. The zero-order chi connectivity index (χ0) is 27.4. The SMILES string of the molecule is CCOc1cccc(-c2nc3ncc(NS(=O)(=O)Cc4cncnc4)nc3n2-c2c(OC)cccc2OC)n1. The molecule has 200 valence electrons. The van der Waals surface area contributed by atoms with Crippen molar-refractivity contribution in [1.82, 2.24) is 34.5 Å². The number of pyridine rings is 1. The van der Waals surface area contributed by atoms with Gasteiger partial charge in [0.2, 0.25) is 15.9 Å². The van der Waals surface area contributed by atoms with Crippen LogP contribution < -0.4 is 18.9 Å². The maximum Gasteiger partial charge on any atom is 0.238 e. The Bertz CT molecular complexity index is 1710. The third-order valence-corrected chi connectivity index (χ3v) is 6.71. The Balaban J connectivity index is 1.69. The molecule has 5 aromatic rings. The van der Waals surface area contributed by atoms with Crippen LogP contribution in [0.15, 0.2) is 61.3 Å². The number of aromatic nitrogens is 7. The molecule has 0 spiro atoms. The molecule has 0 aliphatic carbocycles. The molecule has 0 fully saturated rings. The van der Waals surface area contributed by atoms with Crippen molar-refractivity contribution in [2.24, 2.45) is 0 Å². The lowest BCUT2D eigenvalue weighted by Gasteiger charge is -2.16. The van der Waals surface area contributed by atoms with Crippen molar-refractivity contribution in [2.45, 2.75) is 12.7 Å². The molecule has 0 saturated heterocycles. The summed E-state index contributed by atoms with van der Waals surface area (Å²) in [5.74, 6) is 1.38. The quantitative estimate of drug-likeness (QED) is 0.274. The van der Waals surface area contributed by atoms with Crippen molar-refractivity contribution in [3.05, 3.63) is 66.9 Å². The summed E-state index contributed by atoms with van der Waals surface area (Å²) < 4.78 is 46.8. The van der Waals surface area contributed by atoms with E-state index in [4.69, 9.17) is 14.2 Å². The fourth-order valence-corrected chi connectivity index (χ4v) is 5.00. The number of hydrogen-bond acceptors (Lipinski definition) is 11. The van der Waals surface area contributed by atoms with E-state index in [1.54, 1.807) is 41.0 Å². The fourth-order valence-electron chi connectivity index (χ4n) is 3.92. The number of hydrogen-bond donors (Lipinski definition) is 1. The van der Waals surface area contributed by atoms with Crippen LogP contribution in [-0.4, -0.2) is 63.7 Å². The molecule has 1 N–H and O–H groups in total. The van der Waals surface area contributed by atoms with Gasteiger partial charge in [-0.25, -0.2) is 38.3 Å². The normalized spacial score (nSPS) is 11.4. The van der Waals surface area contributed by atoms with Gasteiger partial charge in [-0.05, 0) is 25.1 Å².